The number of nitrogens with zero attached hydrogens (tertiary/aromatic N) is 2. The number of hydrogen-bond donors (Lipinski definition) is 1. The first-order valence-electron chi connectivity index (χ1n) is 7.79. The first-order valence-corrected chi connectivity index (χ1v) is 8.67. The molecule has 2 aromatic rings. The van der Waals surface area contributed by atoms with Crippen molar-refractivity contribution >= 4 is 17.2 Å². The van der Waals surface area contributed by atoms with Gasteiger partial charge in [0.1, 0.15) is 12.3 Å². The van der Waals surface area contributed by atoms with Gasteiger partial charge in [0.25, 0.3) is 0 Å². The molecule has 1 amide bonds. The van der Waals surface area contributed by atoms with Crippen molar-refractivity contribution in [1.82, 2.24) is 15.4 Å². The van der Waals surface area contributed by atoms with E-state index in [2.05, 4.69) is 29.2 Å². The summed E-state index contributed by atoms with van der Waals surface area (Å²) in [5, 5.41) is 8.78. The molecule has 0 aliphatic heterocycles. The van der Waals surface area contributed by atoms with Gasteiger partial charge in [-0.3, -0.25) is 4.79 Å². The van der Waals surface area contributed by atoms with Crippen LogP contribution in [-0.2, 0) is 16.1 Å². The minimum absolute atomic E-state index is 0.0272. The van der Waals surface area contributed by atoms with Gasteiger partial charge < -0.3 is 19.5 Å². The molecule has 2 aromatic heterocycles. The Bertz CT molecular complexity index is 579. The second kappa shape index (κ2) is 9.44. The second-order valence-electron chi connectivity index (χ2n) is 5.03. The van der Waals surface area contributed by atoms with E-state index in [1.807, 2.05) is 23.6 Å². The van der Waals surface area contributed by atoms with Crippen molar-refractivity contribution in [2.75, 3.05) is 32.8 Å². The van der Waals surface area contributed by atoms with Crippen LogP contribution in [-0.4, -0.2) is 48.7 Å². The van der Waals surface area contributed by atoms with E-state index in [1.54, 1.807) is 11.3 Å². The Hall–Kier alpha value is -1.70. The van der Waals surface area contributed by atoms with Crippen molar-refractivity contribution in [2.24, 2.45) is 0 Å². The molecule has 2 heterocycles. The number of hydrogen-bond acceptors (Lipinski definition) is 6. The molecule has 1 N–H and O–H groups in total. The fourth-order valence-electron chi connectivity index (χ4n) is 2.11. The Labute approximate surface area is 140 Å². The summed E-state index contributed by atoms with van der Waals surface area (Å²) in [5.74, 6) is 0.612. The first-order chi connectivity index (χ1) is 11.2. The smallest absolute Gasteiger partial charge is 0.246 e. The van der Waals surface area contributed by atoms with E-state index in [-0.39, 0.29) is 19.1 Å². The van der Waals surface area contributed by atoms with Gasteiger partial charge in [-0.15, -0.1) is 11.3 Å². The number of rotatable bonds is 10. The third kappa shape index (κ3) is 5.78. The van der Waals surface area contributed by atoms with E-state index < -0.39 is 0 Å². The summed E-state index contributed by atoms with van der Waals surface area (Å²) >= 11 is 1.59. The summed E-state index contributed by atoms with van der Waals surface area (Å²) < 4.78 is 10.6. The summed E-state index contributed by atoms with van der Waals surface area (Å²) in [6.45, 7) is 7.97. The van der Waals surface area contributed by atoms with Crippen molar-refractivity contribution in [3.63, 3.8) is 0 Å². The van der Waals surface area contributed by atoms with Crippen LogP contribution in [0, 0.1) is 0 Å². The molecule has 0 atom stereocenters. The van der Waals surface area contributed by atoms with Crippen LogP contribution in [0.5, 0.6) is 0 Å². The lowest BCUT2D eigenvalue weighted by atomic mass is 10.3. The molecular formula is C16H23N3O3S. The topological polar surface area (TPSA) is 67.6 Å². The number of aromatic nitrogens is 1. The lowest BCUT2D eigenvalue weighted by molar-refractivity contribution is -0.126. The van der Waals surface area contributed by atoms with Crippen LogP contribution < -0.4 is 5.32 Å². The zero-order valence-corrected chi connectivity index (χ0v) is 14.4. The zero-order chi connectivity index (χ0) is 16.5. The number of thiophene rings is 1. The van der Waals surface area contributed by atoms with Gasteiger partial charge in [0.05, 0.1) is 11.5 Å². The lowest BCUT2D eigenvalue weighted by Gasteiger charge is -2.17. The lowest BCUT2D eigenvalue weighted by Crippen LogP contribution is -2.36. The molecule has 0 unspecified atom stereocenters. The molecule has 7 heteroatoms. The maximum absolute atomic E-state index is 11.7. The van der Waals surface area contributed by atoms with Crippen LogP contribution in [0.1, 0.15) is 19.5 Å². The molecule has 126 valence electrons. The number of nitrogens with one attached hydrogen (secondary N) is 1. The minimum Gasteiger partial charge on any atom is -0.365 e. The average molecular weight is 337 g/mol. The molecule has 0 fully saturated rings. The molecule has 0 saturated carbocycles. The van der Waals surface area contributed by atoms with Crippen LogP contribution in [0.15, 0.2) is 28.1 Å². The maximum atomic E-state index is 11.7. The van der Waals surface area contributed by atoms with Crippen LogP contribution in [0.2, 0.25) is 0 Å². The SMILES string of the molecule is CCN(CC)CCNC(=O)COCc1cc(-c2cccs2)on1. The molecular weight excluding hydrogens is 314 g/mol. The van der Waals surface area contributed by atoms with E-state index in [0.717, 1.165) is 30.3 Å². The van der Waals surface area contributed by atoms with Gasteiger partial charge in [0, 0.05) is 19.2 Å². The van der Waals surface area contributed by atoms with Crippen molar-refractivity contribution in [3.8, 4) is 10.6 Å². The Morgan fingerprint density at radius 3 is 2.96 bits per heavy atom. The van der Waals surface area contributed by atoms with Gasteiger partial charge in [-0.1, -0.05) is 25.1 Å². The largest absolute Gasteiger partial charge is 0.365 e. The summed E-state index contributed by atoms with van der Waals surface area (Å²) in [5.41, 5.74) is 0.685. The molecule has 0 radical (unpaired) electrons. The standard InChI is InChI=1S/C16H23N3O3S/c1-3-19(4-2)8-7-17-16(20)12-21-11-13-10-14(22-18-13)15-6-5-9-23-15/h5-6,9-10H,3-4,7-8,11-12H2,1-2H3,(H,17,20). The molecule has 0 spiro atoms. The van der Waals surface area contributed by atoms with Crippen molar-refractivity contribution < 1.29 is 14.1 Å². The highest BCUT2D eigenvalue weighted by molar-refractivity contribution is 7.13. The van der Waals surface area contributed by atoms with E-state index in [9.17, 15) is 4.79 Å². The molecule has 0 bridgehead atoms. The maximum Gasteiger partial charge on any atom is 0.246 e. The highest BCUT2D eigenvalue weighted by atomic mass is 32.1. The Balaban J connectivity index is 1.64. The number of carbonyl (C=O) groups excluding carboxylic acids is 1. The van der Waals surface area contributed by atoms with Crippen molar-refractivity contribution in [3.05, 3.63) is 29.3 Å². The number of likely N-dealkylation sites (N-methyl/N-ethyl adjacent to an activating group) is 1. The fourth-order valence-corrected chi connectivity index (χ4v) is 2.78. The Morgan fingerprint density at radius 2 is 2.26 bits per heavy atom. The molecule has 0 saturated heterocycles. The van der Waals surface area contributed by atoms with Crippen molar-refractivity contribution in [1.29, 1.82) is 0 Å². The van der Waals surface area contributed by atoms with Crippen molar-refractivity contribution in [2.45, 2.75) is 20.5 Å². The monoisotopic (exact) mass is 337 g/mol. The summed E-state index contributed by atoms with van der Waals surface area (Å²) in [7, 11) is 0. The third-order valence-corrected chi connectivity index (χ3v) is 4.34. The third-order valence-electron chi connectivity index (χ3n) is 3.45. The average Bonchev–Trinajstić information content (AvgIpc) is 3.22. The van der Waals surface area contributed by atoms with E-state index in [4.69, 9.17) is 9.26 Å². The Morgan fingerprint density at radius 1 is 1.43 bits per heavy atom. The minimum atomic E-state index is -0.112. The summed E-state index contributed by atoms with van der Waals surface area (Å²) in [6.07, 6.45) is 0. The first kappa shape index (κ1) is 17.7. The molecule has 23 heavy (non-hydrogen) atoms. The highest BCUT2D eigenvalue weighted by Crippen LogP contribution is 2.25. The molecule has 0 aliphatic carbocycles. The quantitative estimate of drug-likeness (QED) is 0.721. The molecule has 0 aliphatic rings. The van der Waals surface area contributed by atoms with Crippen LogP contribution in [0.25, 0.3) is 10.6 Å². The molecule has 2 rings (SSSR count). The van der Waals surface area contributed by atoms with Gasteiger partial charge in [0.2, 0.25) is 5.91 Å². The van der Waals surface area contributed by atoms with Gasteiger partial charge in [-0.2, -0.15) is 0 Å². The summed E-state index contributed by atoms with van der Waals surface area (Å²) in [6, 6.07) is 5.77. The fraction of sp³-hybridized carbons (Fsp3) is 0.500. The van der Waals surface area contributed by atoms with Crippen LogP contribution in [0.4, 0.5) is 0 Å². The Kier molecular flexibility index (Phi) is 7.25. The second-order valence-corrected chi connectivity index (χ2v) is 5.98. The van der Waals surface area contributed by atoms with Gasteiger partial charge in [0.15, 0.2) is 5.76 Å². The zero-order valence-electron chi connectivity index (χ0n) is 13.6. The summed E-state index contributed by atoms with van der Waals surface area (Å²) in [4.78, 5) is 15.0. The molecule has 0 aromatic carbocycles. The van der Waals surface area contributed by atoms with E-state index >= 15 is 0 Å². The van der Waals surface area contributed by atoms with E-state index in [0.29, 0.717) is 12.2 Å². The van der Waals surface area contributed by atoms with Gasteiger partial charge >= 0.3 is 0 Å². The number of ether oxygens (including phenoxy) is 1. The van der Waals surface area contributed by atoms with Crippen LogP contribution >= 0.6 is 11.3 Å². The van der Waals surface area contributed by atoms with Gasteiger partial charge in [-0.25, -0.2) is 0 Å². The number of amides is 1. The van der Waals surface area contributed by atoms with E-state index in [1.165, 1.54) is 0 Å². The predicted octanol–water partition coefficient (Wildman–Crippen LogP) is 2.38. The highest BCUT2D eigenvalue weighted by Gasteiger charge is 2.09. The van der Waals surface area contributed by atoms with Crippen LogP contribution in [0.3, 0.4) is 0 Å². The van der Waals surface area contributed by atoms with Gasteiger partial charge in [-0.05, 0) is 24.5 Å². The number of carbonyl (C=O) groups is 1. The predicted molar refractivity (Wildman–Crippen MR) is 90.3 cm³/mol. The normalized spacial score (nSPS) is 11.1. The molecule has 6 nitrogen and oxygen atoms in total.